The second kappa shape index (κ2) is 9.70. The molecule has 2 aromatic carbocycles. The molecule has 3 N–H and O–H groups in total. The lowest BCUT2D eigenvalue weighted by Gasteiger charge is -2.32. The summed E-state index contributed by atoms with van der Waals surface area (Å²) in [6.07, 6.45) is 1.28. The number of nitrogens with one attached hydrogen (secondary N) is 1. The van der Waals surface area contributed by atoms with Gasteiger partial charge in [-0.3, -0.25) is 4.79 Å². The number of aliphatic hydroxyl groups excluding tert-OH is 1. The third-order valence-corrected chi connectivity index (χ3v) is 7.54. The van der Waals surface area contributed by atoms with Gasteiger partial charge in [0.25, 0.3) is 0 Å². The van der Waals surface area contributed by atoms with E-state index in [2.05, 4.69) is 29.6 Å². The maximum atomic E-state index is 13.0. The van der Waals surface area contributed by atoms with Crippen molar-refractivity contribution >= 4 is 18.0 Å². The van der Waals surface area contributed by atoms with Crippen molar-refractivity contribution < 1.29 is 29.3 Å². The zero-order valence-corrected chi connectivity index (χ0v) is 19.4. The minimum absolute atomic E-state index is 0.0246. The number of carbonyl (C=O) groups excluding carboxylic acids is 2. The molecule has 0 spiro atoms. The molecule has 1 saturated heterocycles. The van der Waals surface area contributed by atoms with E-state index < -0.39 is 24.2 Å². The van der Waals surface area contributed by atoms with E-state index in [0.717, 1.165) is 35.1 Å². The smallest absolute Gasteiger partial charge is 0.407 e. The van der Waals surface area contributed by atoms with Crippen LogP contribution in [-0.2, 0) is 14.3 Å². The minimum atomic E-state index is -1.10. The second-order valence-electron chi connectivity index (χ2n) is 9.76. The van der Waals surface area contributed by atoms with Crippen molar-refractivity contribution in [1.82, 2.24) is 10.2 Å². The van der Waals surface area contributed by atoms with Gasteiger partial charge in [-0.25, -0.2) is 9.59 Å². The predicted molar refractivity (Wildman–Crippen MR) is 128 cm³/mol. The molecule has 4 atom stereocenters. The normalized spacial score (nSPS) is 25.6. The van der Waals surface area contributed by atoms with E-state index in [4.69, 9.17) is 4.74 Å². The van der Waals surface area contributed by atoms with Gasteiger partial charge in [0.2, 0.25) is 5.91 Å². The standard InChI is InChI=1S/C27H30N2O6/c30-18-13-24(26(32)33)29(14-18)25(31)16-6-5-7-17(12-16)28-27(34)35-15-23-21-10-3-1-8-19(21)20-9-2-4-11-22(20)23/h1-4,8-11,16-18,23-24,30H,5-7,12-15H2,(H,28,34)(H,32,33)/t16-,17+,18+,24+/m0/s1. The van der Waals surface area contributed by atoms with Gasteiger partial charge in [0.1, 0.15) is 12.6 Å². The Morgan fingerprint density at radius 1 is 0.971 bits per heavy atom. The number of β-amino-alcohol motifs (C(OH)–C–C–N with tert-alkyl or cyclic N) is 1. The van der Waals surface area contributed by atoms with Crippen LogP contribution in [0.2, 0.25) is 0 Å². The van der Waals surface area contributed by atoms with Crippen LogP contribution in [-0.4, -0.2) is 64.4 Å². The fraction of sp³-hybridized carbons (Fsp3) is 0.444. The number of nitrogens with zero attached hydrogens (tertiary/aromatic N) is 1. The fourth-order valence-corrected chi connectivity index (χ4v) is 5.88. The van der Waals surface area contributed by atoms with Gasteiger partial charge < -0.3 is 25.2 Å². The first-order valence-electron chi connectivity index (χ1n) is 12.2. The monoisotopic (exact) mass is 478 g/mol. The van der Waals surface area contributed by atoms with Gasteiger partial charge in [-0.2, -0.15) is 0 Å². The molecule has 0 radical (unpaired) electrons. The molecule has 0 unspecified atom stereocenters. The predicted octanol–water partition coefficient (Wildman–Crippen LogP) is 3.13. The average molecular weight is 479 g/mol. The number of amides is 2. The summed E-state index contributed by atoms with van der Waals surface area (Å²) in [6.45, 7) is 0.262. The summed E-state index contributed by atoms with van der Waals surface area (Å²) in [6, 6.07) is 15.1. The first-order valence-corrected chi connectivity index (χ1v) is 12.2. The molecule has 1 heterocycles. The van der Waals surface area contributed by atoms with Crippen LogP contribution in [0.1, 0.15) is 49.1 Å². The first kappa shape index (κ1) is 23.4. The number of hydrogen-bond acceptors (Lipinski definition) is 5. The van der Waals surface area contributed by atoms with Crippen LogP contribution >= 0.6 is 0 Å². The van der Waals surface area contributed by atoms with E-state index in [9.17, 15) is 24.6 Å². The van der Waals surface area contributed by atoms with Gasteiger partial charge in [-0.1, -0.05) is 55.0 Å². The number of carbonyl (C=O) groups is 3. The Bertz CT molecular complexity index is 1090. The number of aliphatic carboxylic acids is 1. The number of likely N-dealkylation sites (tertiary alicyclic amines) is 1. The van der Waals surface area contributed by atoms with Crippen molar-refractivity contribution in [2.45, 2.75) is 56.2 Å². The Kier molecular flexibility index (Phi) is 6.47. The molecule has 184 valence electrons. The number of carboxylic acid groups (broad SMARTS) is 1. The summed E-state index contributed by atoms with van der Waals surface area (Å²) in [4.78, 5) is 38.5. The van der Waals surface area contributed by atoms with E-state index in [-0.39, 0.29) is 43.4 Å². The highest BCUT2D eigenvalue weighted by Gasteiger charge is 2.42. The molecule has 35 heavy (non-hydrogen) atoms. The molecule has 2 aromatic rings. The number of ether oxygens (including phenoxy) is 1. The topological polar surface area (TPSA) is 116 Å². The number of benzene rings is 2. The van der Waals surface area contributed by atoms with E-state index in [1.54, 1.807) is 0 Å². The summed E-state index contributed by atoms with van der Waals surface area (Å²) < 4.78 is 5.64. The molecule has 8 nitrogen and oxygen atoms in total. The molecule has 3 aliphatic rings. The highest BCUT2D eigenvalue weighted by atomic mass is 16.5. The first-order chi connectivity index (χ1) is 16.9. The quantitative estimate of drug-likeness (QED) is 0.608. The van der Waals surface area contributed by atoms with Crippen molar-refractivity contribution in [2.24, 2.45) is 5.92 Å². The molecule has 1 saturated carbocycles. The molecule has 0 aromatic heterocycles. The molecule has 2 amide bonds. The lowest BCUT2D eigenvalue weighted by molar-refractivity contribution is -0.150. The summed E-state index contributed by atoms with van der Waals surface area (Å²) in [5.41, 5.74) is 4.62. The van der Waals surface area contributed by atoms with Gasteiger partial charge in [-0.15, -0.1) is 0 Å². The Morgan fingerprint density at radius 2 is 1.63 bits per heavy atom. The van der Waals surface area contributed by atoms with Crippen LogP contribution in [0.4, 0.5) is 4.79 Å². The number of aliphatic hydroxyl groups is 1. The molecule has 5 rings (SSSR count). The van der Waals surface area contributed by atoms with E-state index in [1.165, 1.54) is 4.90 Å². The lowest BCUT2D eigenvalue weighted by atomic mass is 9.84. The maximum Gasteiger partial charge on any atom is 0.407 e. The second-order valence-corrected chi connectivity index (χ2v) is 9.76. The molecular formula is C27H30N2O6. The van der Waals surface area contributed by atoms with Crippen molar-refractivity contribution in [3.8, 4) is 11.1 Å². The number of fused-ring (bicyclic) bond motifs is 3. The Hall–Kier alpha value is -3.39. The highest BCUT2D eigenvalue weighted by molar-refractivity contribution is 5.86. The average Bonchev–Trinajstić information content (AvgIpc) is 3.41. The fourth-order valence-electron chi connectivity index (χ4n) is 5.88. The van der Waals surface area contributed by atoms with Gasteiger partial charge in [-0.05, 0) is 41.5 Å². The van der Waals surface area contributed by atoms with E-state index in [1.807, 2.05) is 24.3 Å². The molecule has 2 fully saturated rings. The minimum Gasteiger partial charge on any atom is -0.480 e. The van der Waals surface area contributed by atoms with Gasteiger partial charge in [0.05, 0.1) is 6.10 Å². The van der Waals surface area contributed by atoms with Crippen LogP contribution in [0.25, 0.3) is 11.1 Å². The molecule has 8 heteroatoms. The summed E-state index contributed by atoms with van der Waals surface area (Å²) >= 11 is 0. The highest BCUT2D eigenvalue weighted by Crippen LogP contribution is 2.44. The summed E-state index contributed by atoms with van der Waals surface area (Å²) in [5, 5.41) is 22.2. The maximum absolute atomic E-state index is 13.0. The Morgan fingerprint density at radius 3 is 2.29 bits per heavy atom. The Labute approximate surface area is 203 Å². The lowest BCUT2D eigenvalue weighted by Crippen LogP contribution is -2.47. The summed E-state index contributed by atoms with van der Waals surface area (Å²) in [7, 11) is 0. The number of hydrogen-bond donors (Lipinski definition) is 3. The molecular weight excluding hydrogens is 448 g/mol. The van der Waals surface area contributed by atoms with Crippen molar-refractivity contribution in [3.63, 3.8) is 0 Å². The van der Waals surface area contributed by atoms with Gasteiger partial charge in [0.15, 0.2) is 0 Å². The zero-order valence-electron chi connectivity index (χ0n) is 19.4. The Balaban J connectivity index is 1.18. The third kappa shape index (κ3) is 4.62. The number of alkyl carbamates (subject to hydrolysis) is 1. The number of carboxylic acids is 1. The summed E-state index contributed by atoms with van der Waals surface area (Å²) in [5.74, 6) is -1.76. The number of rotatable bonds is 5. The van der Waals surface area contributed by atoms with Crippen LogP contribution in [0.5, 0.6) is 0 Å². The van der Waals surface area contributed by atoms with E-state index in [0.29, 0.717) is 12.8 Å². The largest absolute Gasteiger partial charge is 0.480 e. The van der Waals surface area contributed by atoms with Crippen LogP contribution < -0.4 is 5.32 Å². The van der Waals surface area contributed by atoms with Crippen molar-refractivity contribution in [1.29, 1.82) is 0 Å². The van der Waals surface area contributed by atoms with Crippen molar-refractivity contribution in [3.05, 3.63) is 59.7 Å². The molecule has 0 bridgehead atoms. The van der Waals surface area contributed by atoms with Gasteiger partial charge >= 0.3 is 12.1 Å². The zero-order chi connectivity index (χ0) is 24.5. The van der Waals surface area contributed by atoms with E-state index >= 15 is 0 Å². The van der Waals surface area contributed by atoms with Gasteiger partial charge in [0, 0.05) is 30.8 Å². The SMILES string of the molecule is O=C(N[C@@H]1CCC[C@H](C(=O)N2C[C@H](O)C[C@@H]2C(=O)O)C1)OCC1c2ccccc2-c2ccccc21. The van der Waals surface area contributed by atoms with Crippen LogP contribution in [0.15, 0.2) is 48.5 Å². The molecule has 2 aliphatic carbocycles. The van der Waals surface area contributed by atoms with Crippen LogP contribution in [0, 0.1) is 5.92 Å². The van der Waals surface area contributed by atoms with Crippen LogP contribution in [0.3, 0.4) is 0 Å². The third-order valence-electron chi connectivity index (χ3n) is 7.54. The van der Waals surface area contributed by atoms with Crippen molar-refractivity contribution in [2.75, 3.05) is 13.2 Å². The molecule has 1 aliphatic heterocycles.